The average Bonchev–Trinajstić information content (AvgIpc) is 2.45. The molecule has 1 saturated heterocycles. The van der Waals surface area contributed by atoms with Crippen LogP contribution in [0.15, 0.2) is 0 Å². The van der Waals surface area contributed by atoms with E-state index in [-0.39, 0.29) is 12.7 Å². The summed E-state index contributed by atoms with van der Waals surface area (Å²) in [6, 6.07) is 0. The van der Waals surface area contributed by atoms with Crippen LogP contribution in [0.5, 0.6) is 0 Å². The van der Waals surface area contributed by atoms with Gasteiger partial charge in [0.2, 0.25) is 0 Å². The van der Waals surface area contributed by atoms with E-state index in [0.29, 0.717) is 19.8 Å². The fourth-order valence-corrected chi connectivity index (χ4v) is 0.804. The molecule has 0 saturated carbocycles. The van der Waals surface area contributed by atoms with Crippen molar-refractivity contribution in [3.63, 3.8) is 0 Å². The molecule has 0 radical (unpaired) electrons. The first-order chi connectivity index (χ1) is 5.83. The first-order valence-corrected chi connectivity index (χ1v) is 3.73. The second-order valence-corrected chi connectivity index (χ2v) is 2.37. The molecular weight excluding hydrogens is 163 g/mol. The van der Waals surface area contributed by atoms with Crippen LogP contribution in [0.1, 0.15) is 0 Å². The zero-order valence-corrected chi connectivity index (χ0v) is 6.95. The van der Waals surface area contributed by atoms with Gasteiger partial charge in [-0.3, -0.25) is 0 Å². The normalized spacial score (nSPS) is 22.0. The maximum Gasteiger partial charge on any atom is 0.508 e. The lowest BCUT2D eigenvalue weighted by molar-refractivity contribution is 0.0347. The van der Waals surface area contributed by atoms with Gasteiger partial charge >= 0.3 is 6.16 Å². The van der Waals surface area contributed by atoms with Crippen molar-refractivity contribution in [2.45, 2.75) is 6.10 Å². The summed E-state index contributed by atoms with van der Waals surface area (Å²) in [5.41, 5.74) is 0. The molecule has 68 valence electrons. The average molecular weight is 174 g/mol. The van der Waals surface area contributed by atoms with Crippen LogP contribution < -0.4 is 0 Å². The SMILES string of the molecule is BOCCOCC1COC(=O)O1. The van der Waals surface area contributed by atoms with Gasteiger partial charge in [-0.1, -0.05) is 0 Å². The highest BCUT2D eigenvalue weighted by molar-refractivity contribution is 5.97. The molecular formula is C6H11BO5. The van der Waals surface area contributed by atoms with Crippen molar-refractivity contribution in [1.29, 1.82) is 0 Å². The van der Waals surface area contributed by atoms with Crippen molar-refractivity contribution >= 4 is 14.2 Å². The van der Waals surface area contributed by atoms with Crippen molar-refractivity contribution in [3.05, 3.63) is 0 Å². The third kappa shape index (κ3) is 3.10. The van der Waals surface area contributed by atoms with Gasteiger partial charge < -0.3 is 18.9 Å². The van der Waals surface area contributed by atoms with Gasteiger partial charge in [0.1, 0.15) is 6.61 Å². The highest BCUT2D eigenvalue weighted by atomic mass is 16.8. The summed E-state index contributed by atoms with van der Waals surface area (Å²) in [6.45, 7) is 1.70. The minimum Gasteiger partial charge on any atom is -0.442 e. The molecule has 0 amide bonds. The van der Waals surface area contributed by atoms with E-state index >= 15 is 0 Å². The van der Waals surface area contributed by atoms with Crippen molar-refractivity contribution in [3.8, 4) is 0 Å². The molecule has 1 atom stereocenters. The zero-order valence-electron chi connectivity index (χ0n) is 6.95. The second kappa shape index (κ2) is 5.00. The van der Waals surface area contributed by atoms with E-state index in [1.807, 2.05) is 0 Å². The van der Waals surface area contributed by atoms with E-state index in [4.69, 9.17) is 14.1 Å². The second-order valence-electron chi connectivity index (χ2n) is 2.37. The zero-order chi connectivity index (χ0) is 8.81. The Labute approximate surface area is 71.4 Å². The minimum absolute atomic E-state index is 0.255. The third-order valence-corrected chi connectivity index (χ3v) is 1.39. The summed E-state index contributed by atoms with van der Waals surface area (Å²) in [4.78, 5) is 10.4. The topological polar surface area (TPSA) is 54.0 Å². The lowest BCUT2D eigenvalue weighted by Crippen LogP contribution is -2.19. The number of ether oxygens (including phenoxy) is 3. The first kappa shape index (κ1) is 9.34. The van der Waals surface area contributed by atoms with Crippen molar-refractivity contribution < 1.29 is 23.7 Å². The predicted octanol–water partition coefficient (Wildman–Crippen LogP) is -0.897. The van der Waals surface area contributed by atoms with Gasteiger partial charge in [-0.2, -0.15) is 0 Å². The highest BCUT2D eigenvalue weighted by Crippen LogP contribution is 2.05. The van der Waals surface area contributed by atoms with Crippen molar-refractivity contribution in [1.82, 2.24) is 0 Å². The molecule has 0 aromatic carbocycles. The number of carbonyl (C=O) groups excluding carboxylic acids is 1. The molecule has 1 rings (SSSR count). The monoisotopic (exact) mass is 174 g/mol. The largest absolute Gasteiger partial charge is 0.508 e. The summed E-state index contributed by atoms with van der Waals surface area (Å²) in [5.74, 6) is 0. The fraction of sp³-hybridized carbons (Fsp3) is 0.833. The molecule has 0 aromatic heterocycles. The number of cyclic esters (lactones) is 2. The van der Waals surface area contributed by atoms with E-state index < -0.39 is 6.16 Å². The van der Waals surface area contributed by atoms with Gasteiger partial charge in [0.15, 0.2) is 6.10 Å². The Hall–Kier alpha value is -0.745. The molecule has 1 aliphatic heterocycles. The summed E-state index contributed by atoms with van der Waals surface area (Å²) < 4.78 is 19.2. The lowest BCUT2D eigenvalue weighted by Gasteiger charge is -2.06. The molecule has 5 nitrogen and oxygen atoms in total. The molecule has 6 heteroatoms. The standard InChI is InChI=1S/C6H11BO5/c7-11-2-1-9-3-5-4-10-6(8)12-5/h5H,1-4,7H2. The van der Waals surface area contributed by atoms with Crippen LogP contribution in [-0.2, 0) is 18.9 Å². The van der Waals surface area contributed by atoms with E-state index in [2.05, 4.69) is 4.74 Å². The minimum atomic E-state index is -0.615. The van der Waals surface area contributed by atoms with Crippen LogP contribution in [0.3, 0.4) is 0 Å². The smallest absolute Gasteiger partial charge is 0.442 e. The van der Waals surface area contributed by atoms with Gasteiger partial charge in [-0.15, -0.1) is 0 Å². The van der Waals surface area contributed by atoms with Gasteiger partial charge in [0.05, 0.1) is 19.8 Å². The predicted molar refractivity (Wildman–Crippen MR) is 41.5 cm³/mol. The Morgan fingerprint density at radius 1 is 1.58 bits per heavy atom. The molecule has 12 heavy (non-hydrogen) atoms. The third-order valence-electron chi connectivity index (χ3n) is 1.39. The maximum absolute atomic E-state index is 10.4. The molecule has 0 spiro atoms. The van der Waals surface area contributed by atoms with Crippen molar-refractivity contribution in [2.24, 2.45) is 0 Å². The van der Waals surface area contributed by atoms with E-state index in [1.165, 1.54) is 0 Å². The van der Waals surface area contributed by atoms with Crippen LogP contribution in [0, 0.1) is 0 Å². The number of rotatable bonds is 5. The molecule has 1 fully saturated rings. The summed E-state index contributed by atoms with van der Waals surface area (Å²) in [6.07, 6.45) is -0.871. The Balaban J connectivity index is 1.97. The number of carbonyl (C=O) groups is 1. The van der Waals surface area contributed by atoms with Crippen molar-refractivity contribution in [2.75, 3.05) is 26.4 Å². The Kier molecular flexibility index (Phi) is 3.89. The number of hydrogen-bond acceptors (Lipinski definition) is 5. The Morgan fingerprint density at radius 3 is 3.00 bits per heavy atom. The summed E-state index contributed by atoms with van der Waals surface area (Å²) in [5, 5.41) is 0. The van der Waals surface area contributed by atoms with Crippen LogP contribution in [0.25, 0.3) is 0 Å². The van der Waals surface area contributed by atoms with Gasteiger partial charge in [-0.25, -0.2) is 4.79 Å². The first-order valence-electron chi connectivity index (χ1n) is 3.73. The van der Waals surface area contributed by atoms with Gasteiger partial charge in [0, 0.05) is 0 Å². The van der Waals surface area contributed by atoms with Crippen LogP contribution >= 0.6 is 0 Å². The van der Waals surface area contributed by atoms with Crippen LogP contribution in [0.2, 0.25) is 0 Å². The van der Waals surface area contributed by atoms with Gasteiger partial charge in [0.25, 0.3) is 8.05 Å². The van der Waals surface area contributed by atoms with Gasteiger partial charge in [-0.05, 0) is 0 Å². The lowest BCUT2D eigenvalue weighted by atomic mass is 10.4. The van der Waals surface area contributed by atoms with E-state index in [1.54, 1.807) is 8.05 Å². The molecule has 0 bridgehead atoms. The quantitative estimate of drug-likeness (QED) is 0.307. The molecule has 1 unspecified atom stereocenters. The Morgan fingerprint density at radius 2 is 2.42 bits per heavy atom. The summed E-state index contributed by atoms with van der Waals surface area (Å²) in [7, 11) is 1.60. The van der Waals surface area contributed by atoms with E-state index in [0.717, 1.165) is 0 Å². The molecule has 1 heterocycles. The highest BCUT2D eigenvalue weighted by Gasteiger charge is 2.24. The molecule has 1 aliphatic rings. The summed E-state index contributed by atoms with van der Waals surface area (Å²) >= 11 is 0. The fourth-order valence-electron chi connectivity index (χ4n) is 0.804. The van der Waals surface area contributed by atoms with Crippen LogP contribution in [-0.4, -0.2) is 46.7 Å². The Bertz CT molecular complexity index is 151. The molecule has 0 aliphatic carbocycles. The van der Waals surface area contributed by atoms with E-state index in [9.17, 15) is 4.79 Å². The maximum atomic E-state index is 10.4. The molecule has 0 aromatic rings. The molecule has 0 N–H and O–H groups in total. The number of hydrogen-bond donors (Lipinski definition) is 0. The van der Waals surface area contributed by atoms with Crippen LogP contribution in [0.4, 0.5) is 4.79 Å².